The maximum absolute atomic E-state index is 12.7. The van der Waals surface area contributed by atoms with Crippen LogP contribution in [-0.2, 0) is 11.3 Å². The summed E-state index contributed by atoms with van der Waals surface area (Å²) >= 11 is 9.02. The van der Waals surface area contributed by atoms with Crippen LogP contribution in [0.25, 0.3) is 10.2 Å². The molecule has 0 bridgehead atoms. The average Bonchev–Trinajstić information content (AvgIpc) is 3.35. The van der Waals surface area contributed by atoms with E-state index in [9.17, 15) is 9.59 Å². The van der Waals surface area contributed by atoms with E-state index in [0.29, 0.717) is 29.8 Å². The van der Waals surface area contributed by atoms with Crippen LogP contribution < -0.4 is 10.6 Å². The van der Waals surface area contributed by atoms with E-state index in [1.165, 1.54) is 11.3 Å². The normalized spacial score (nSPS) is 16.9. The zero-order valence-corrected chi connectivity index (χ0v) is 17.4. The second-order valence-electron chi connectivity index (χ2n) is 6.64. The molecule has 0 radical (unpaired) electrons. The highest BCUT2D eigenvalue weighted by atomic mass is 35.5. The lowest BCUT2D eigenvalue weighted by Crippen LogP contribution is -2.47. The summed E-state index contributed by atoms with van der Waals surface area (Å²) in [6.45, 7) is 1.59. The molecule has 28 heavy (non-hydrogen) atoms. The molecule has 0 spiro atoms. The number of carbonyl (C=O) groups is 2. The SMILES string of the molecule is O=C(Nc1nc2ccc(Cl)cc2s1)C1CCCN(C(=O)NCc2cccs2)C1. The van der Waals surface area contributed by atoms with Gasteiger partial charge in [-0.3, -0.25) is 4.79 Å². The Morgan fingerprint density at radius 2 is 2.21 bits per heavy atom. The molecule has 4 rings (SSSR count). The van der Waals surface area contributed by atoms with Crippen molar-refractivity contribution in [1.29, 1.82) is 0 Å². The lowest BCUT2D eigenvalue weighted by atomic mass is 9.97. The third-order valence-electron chi connectivity index (χ3n) is 4.65. The summed E-state index contributed by atoms with van der Waals surface area (Å²) in [6, 6.07) is 9.28. The maximum atomic E-state index is 12.7. The number of urea groups is 1. The fourth-order valence-corrected chi connectivity index (χ4v) is 5.01. The molecule has 0 saturated carbocycles. The number of rotatable bonds is 4. The van der Waals surface area contributed by atoms with E-state index in [1.54, 1.807) is 22.3 Å². The minimum absolute atomic E-state index is 0.0964. The molecule has 3 aromatic rings. The van der Waals surface area contributed by atoms with Gasteiger partial charge in [0.1, 0.15) is 0 Å². The molecule has 3 amide bonds. The van der Waals surface area contributed by atoms with E-state index in [2.05, 4.69) is 15.6 Å². The molecule has 1 aliphatic rings. The topological polar surface area (TPSA) is 74.3 Å². The largest absolute Gasteiger partial charge is 0.333 e. The molecule has 1 aromatic carbocycles. The Morgan fingerprint density at radius 3 is 3.04 bits per heavy atom. The summed E-state index contributed by atoms with van der Waals surface area (Å²) in [7, 11) is 0. The Balaban J connectivity index is 1.35. The van der Waals surface area contributed by atoms with Crippen LogP contribution in [0, 0.1) is 5.92 Å². The van der Waals surface area contributed by atoms with Crippen LogP contribution in [0.5, 0.6) is 0 Å². The molecule has 1 atom stereocenters. The number of carbonyl (C=O) groups excluding carboxylic acids is 2. The summed E-state index contributed by atoms with van der Waals surface area (Å²) in [5.41, 5.74) is 0.808. The molecule has 6 nitrogen and oxygen atoms in total. The summed E-state index contributed by atoms with van der Waals surface area (Å²) < 4.78 is 0.932. The van der Waals surface area contributed by atoms with Crippen molar-refractivity contribution in [2.75, 3.05) is 18.4 Å². The molecule has 2 aromatic heterocycles. The zero-order valence-electron chi connectivity index (χ0n) is 15.0. The summed E-state index contributed by atoms with van der Waals surface area (Å²) in [4.78, 5) is 32.4. The van der Waals surface area contributed by atoms with Gasteiger partial charge in [-0.15, -0.1) is 11.3 Å². The Labute approximate surface area is 175 Å². The minimum Gasteiger partial charge on any atom is -0.333 e. The number of thiazole rings is 1. The number of hydrogen-bond donors (Lipinski definition) is 2. The highest BCUT2D eigenvalue weighted by Crippen LogP contribution is 2.29. The molecule has 1 aliphatic heterocycles. The van der Waals surface area contributed by atoms with Gasteiger partial charge in [-0.1, -0.05) is 29.0 Å². The van der Waals surface area contributed by atoms with Crippen LogP contribution >= 0.6 is 34.3 Å². The second-order valence-corrected chi connectivity index (χ2v) is 9.14. The van der Waals surface area contributed by atoms with Gasteiger partial charge in [-0.05, 0) is 42.5 Å². The highest BCUT2D eigenvalue weighted by Gasteiger charge is 2.29. The van der Waals surface area contributed by atoms with Crippen LogP contribution in [0.2, 0.25) is 5.02 Å². The standard InChI is InChI=1S/C19H19ClN4O2S2/c20-13-5-6-15-16(9-13)28-18(22-15)23-17(25)12-3-1-7-24(11-12)19(26)21-10-14-4-2-8-27-14/h2,4-6,8-9,12H,1,3,7,10-11H2,(H,21,26)(H,22,23,25). The van der Waals surface area contributed by atoms with Gasteiger partial charge >= 0.3 is 6.03 Å². The highest BCUT2D eigenvalue weighted by molar-refractivity contribution is 7.22. The van der Waals surface area contributed by atoms with Crippen molar-refractivity contribution in [2.24, 2.45) is 5.92 Å². The van der Waals surface area contributed by atoms with Crippen molar-refractivity contribution < 1.29 is 9.59 Å². The number of hydrogen-bond acceptors (Lipinski definition) is 5. The van der Waals surface area contributed by atoms with Crippen molar-refractivity contribution in [3.8, 4) is 0 Å². The van der Waals surface area contributed by atoms with E-state index in [-0.39, 0.29) is 17.9 Å². The molecular weight excluding hydrogens is 416 g/mol. The van der Waals surface area contributed by atoms with Crippen molar-refractivity contribution >= 4 is 61.6 Å². The van der Waals surface area contributed by atoms with E-state index in [0.717, 1.165) is 27.9 Å². The van der Waals surface area contributed by atoms with Gasteiger partial charge in [0.2, 0.25) is 5.91 Å². The molecule has 1 fully saturated rings. The first-order valence-electron chi connectivity index (χ1n) is 9.00. The third-order valence-corrected chi connectivity index (χ3v) is 6.70. The van der Waals surface area contributed by atoms with Crippen LogP contribution in [0.15, 0.2) is 35.7 Å². The Bertz CT molecular complexity index is 989. The number of fused-ring (bicyclic) bond motifs is 1. The first-order chi connectivity index (χ1) is 13.6. The number of likely N-dealkylation sites (tertiary alicyclic amines) is 1. The van der Waals surface area contributed by atoms with Crippen molar-refractivity contribution in [2.45, 2.75) is 19.4 Å². The van der Waals surface area contributed by atoms with Gasteiger partial charge in [0.05, 0.1) is 22.7 Å². The Kier molecular flexibility index (Phi) is 5.79. The van der Waals surface area contributed by atoms with E-state index in [1.807, 2.05) is 29.6 Å². The number of amides is 3. The van der Waals surface area contributed by atoms with Gasteiger partial charge in [-0.2, -0.15) is 0 Å². The van der Waals surface area contributed by atoms with Gasteiger partial charge < -0.3 is 15.5 Å². The average molecular weight is 435 g/mol. The van der Waals surface area contributed by atoms with Crippen LogP contribution in [0.4, 0.5) is 9.93 Å². The van der Waals surface area contributed by atoms with E-state index < -0.39 is 0 Å². The van der Waals surface area contributed by atoms with Crippen molar-refractivity contribution in [3.63, 3.8) is 0 Å². The molecule has 0 aliphatic carbocycles. The number of aromatic nitrogens is 1. The molecule has 146 valence electrons. The molecule has 1 unspecified atom stereocenters. The predicted molar refractivity (Wildman–Crippen MR) is 114 cm³/mol. The summed E-state index contributed by atoms with van der Waals surface area (Å²) in [5, 5.41) is 9.02. The van der Waals surface area contributed by atoms with Gasteiger partial charge in [-0.25, -0.2) is 9.78 Å². The first-order valence-corrected chi connectivity index (χ1v) is 11.1. The van der Waals surface area contributed by atoms with Gasteiger partial charge in [0.25, 0.3) is 0 Å². The van der Waals surface area contributed by atoms with E-state index >= 15 is 0 Å². The lowest BCUT2D eigenvalue weighted by Gasteiger charge is -2.31. The lowest BCUT2D eigenvalue weighted by molar-refractivity contribution is -0.121. The van der Waals surface area contributed by atoms with Gasteiger partial charge in [0, 0.05) is 23.0 Å². The van der Waals surface area contributed by atoms with Crippen LogP contribution in [-0.4, -0.2) is 34.9 Å². The van der Waals surface area contributed by atoms with Crippen molar-refractivity contribution in [3.05, 3.63) is 45.6 Å². The Morgan fingerprint density at radius 1 is 1.32 bits per heavy atom. The fraction of sp³-hybridized carbons (Fsp3) is 0.316. The first kappa shape index (κ1) is 19.2. The minimum atomic E-state index is -0.239. The van der Waals surface area contributed by atoms with E-state index in [4.69, 9.17) is 11.6 Å². The number of piperidine rings is 1. The maximum Gasteiger partial charge on any atom is 0.317 e. The number of benzene rings is 1. The number of anilines is 1. The Hall–Kier alpha value is -2.16. The molecule has 2 N–H and O–H groups in total. The summed E-state index contributed by atoms with van der Waals surface area (Å²) in [5.74, 6) is -0.335. The number of thiophene rings is 1. The third kappa shape index (κ3) is 4.45. The molecule has 1 saturated heterocycles. The number of halogens is 1. The number of nitrogens with one attached hydrogen (secondary N) is 2. The number of nitrogens with zero attached hydrogens (tertiary/aromatic N) is 2. The molecule has 9 heteroatoms. The molecule has 3 heterocycles. The quantitative estimate of drug-likeness (QED) is 0.631. The smallest absolute Gasteiger partial charge is 0.317 e. The zero-order chi connectivity index (χ0) is 19.5. The predicted octanol–water partition coefficient (Wildman–Crippen LogP) is 4.57. The molecular formula is C19H19ClN4O2S2. The van der Waals surface area contributed by atoms with Crippen molar-refractivity contribution in [1.82, 2.24) is 15.2 Å². The monoisotopic (exact) mass is 434 g/mol. The second kappa shape index (κ2) is 8.46. The van der Waals surface area contributed by atoms with Crippen LogP contribution in [0.3, 0.4) is 0 Å². The van der Waals surface area contributed by atoms with Crippen LogP contribution in [0.1, 0.15) is 17.7 Å². The van der Waals surface area contributed by atoms with Gasteiger partial charge in [0.15, 0.2) is 5.13 Å². The summed E-state index contributed by atoms with van der Waals surface area (Å²) in [6.07, 6.45) is 1.57. The fourth-order valence-electron chi connectivity index (χ4n) is 3.22.